The van der Waals surface area contributed by atoms with Gasteiger partial charge in [0.05, 0.1) is 18.3 Å². The molecule has 0 bridgehead atoms. The second kappa shape index (κ2) is 5.85. The van der Waals surface area contributed by atoms with Crippen molar-refractivity contribution >= 4 is 0 Å². The Morgan fingerprint density at radius 1 is 1.00 bits per heavy atom. The standard InChI is InChI=1S/C18H28N4O/c1-2-15(3-1)21-9-8-16-18(17(21)12-23-11-14-6-7-14)19-20-22(16)10-13-4-5-13/h13-15,17H,1-12H2/t17-/m0/s1. The molecule has 5 nitrogen and oxygen atoms in total. The van der Waals surface area contributed by atoms with E-state index in [1.165, 1.54) is 56.3 Å². The van der Waals surface area contributed by atoms with Crippen LogP contribution < -0.4 is 0 Å². The zero-order valence-electron chi connectivity index (χ0n) is 14.0. The number of fused-ring (bicyclic) bond motifs is 1. The fraction of sp³-hybridized carbons (Fsp3) is 0.889. The van der Waals surface area contributed by atoms with E-state index in [0.29, 0.717) is 6.04 Å². The number of rotatable bonds is 7. The van der Waals surface area contributed by atoms with Gasteiger partial charge in [0.1, 0.15) is 5.69 Å². The minimum Gasteiger partial charge on any atom is -0.379 e. The molecule has 0 spiro atoms. The third kappa shape index (κ3) is 2.93. The summed E-state index contributed by atoms with van der Waals surface area (Å²) in [6.45, 7) is 4.00. The van der Waals surface area contributed by atoms with E-state index in [4.69, 9.17) is 4.74 Å². The molecule has 5 rings (SSSR count). The Hall–Kier alpha value is -0.940. The molecule has 5 heteroatoms. The van der Waals surface area contributed by atoms with Gasteiger partial charge in [0.25, 0.3) is 0 Å². The van der Waals surface area contributed by atoms with Crippen LogP contribution in [0, 0.1) is 11.8 Å². The van der Waals surface area contributed by atoms with Gasteiger partial charge in [-0.25, -0.2) is 4.68 Å². The smallest absolute Gasteiger partial charge is 0.105 e. The van der Waals surface area contributed by atoms with Crippen LogP contribution in [0.3, 0.4) is 0 Å². The molecule has 1 aromatic heterocycles. The van der Waals surface area contributed by atoms with E-state index in [2.05, 4.69) is 19.9 Å². The molecule has 2 heterocycles. The van der Waals surface area contributed by atoms with Crippen molar-refractivity contribution < 1.29 is 4.74 Å². The maximum atomic E-state index is 6.09. The van der Waals surface area contributed by atoms with E-state index in [9.17, 15) is 0 Å². The van der Waals surface area contributed by atoms with Crippen molar-refractivity contribution in [2.75, 3.05) is 19.8 Å². The van der Waals surface area contributed by atoms with Crippen LogP contribution in [0.2, 0.25) is 0 Å². The Morgan fingerprint density at radius 2 is 1.83 bits per heavy atom. The van der Waals surface area contributed by atoms with Crippen LogP contribution in [0.25, 0.3) is 0 Å². The van der Waals surface area contributed by atoms with Crippen LogP contribution in [0.5, 0.6) is 0 Å². The molecule has 3 saturated carbocycles. The van der Waals surface area contributed by atoms with Crippen LogP contribution in [-0.4, -0.2) is 45.7 Å². The van der Waals surface area contributed by atoms with Gasteiger partial charge in [-0.15, -0.1) is 5.10 Å². The third-order valence-electron chi connectivity index (χ3n) is 6.19. The molecule has 1 aromatic rings. The predicted molar refractivity (Wildman–Crippen MR) is 87.1 cm³/mol. The van der Waals surface area contributed by atoms with E-state index >= 15 is 0 Å². The summed E-state index contributed by atoms with van der Waals surface area (Å²) in [4.78, 5) is 2.68. The van der Waals surface area contributed by atoms with Crippen molar-refractivity contribution in [1.82, 2.24) is 19.9 Å². The highest BCUT2D eigenvalue weighted by atomic mass is 16.5. The number of ether oxygens (including phenoxy) is 1. The first kappa shape index (κ1) is 14.4. The fourth-order valence-electron chi connectivity index (χ4n) is 4.06. The normalized spacial score (nSPS) is 28.6. The molecule has 1 atom stereocenters. The maximum Gasteiger partial charge on any atom is 0.105 e. The fourth-order valence-corrected chi connectivity index (χ4v) is 4.06. The summed E-state index contributed by atoms with van der Waals surface area (Å²) in [6.07, 6.45) is 10.7. The van der Waals surface area contributed by atoms with Crippen LogP contribution >= 0.6 is 0 Å². The van der Waals surface area contributed by atoms with E-state index in [-0.39, 0.29) is 0 Å². The van der Waals surface area contributed by atoms with Crippen molar-refractivity contribution in [2.24, 2.45) is 11.8 Å². The van der Waals surface area contributed by atoms with Crippen molar-refractivity contribution in [3.05, 3.63) is 11.4 Å². The summed E-state index contributed by atoms with van der Waals surface area (Å²) in [5.74, 6) is 1.69. The molecular formula is C18H28N4O. The summed E-state index contributed by atoms with van der Waals surface area (Å²) in [6, 6.07) is 1.10. The quantitative estimate of drug-likeness (QED) is 0.775. The van der Waals surface area contributed by atoms with Gasteiger partial charge in [-0.1, -0.05) is 11.6 Å². The van der Waals surface area contributed by atoms with Crippen molar-refractivity contribution in [3.8, 4) is 0 Å². The zero-order valence-corrected chi connectivity index (χ0v) is 14.0. The maximum absolute atomic E-state index is 6.09. The second-order valence-corrected chi connectivity index (χ2v) is 8.12. The Morgan fingerprint density at radius 3 is 2.52 bits per heavy atom. The first-order valence-corrected chi connectivity index (χ1v) is 9.64. The zero-order chi connectivity index (χ0) is 15.2. The summed E-state index contributed by atoms with van der Waals surface area (Å²) in [5, 5.41) is 9.12. The molecule has 0 unspecified atom stereocenters. The van der Waals surface area contributed by atoms with Crippen LogP contribution in [0.1, 0.15) is 62.4 Å². The molecule has 4 aliphatic rings. The van der Waals surface area contributed by atoms with Crippen molar-refractivity contribution in [2.45, 2.75) is 70.0 Å². The van der Waals surface area contributed by atoms with Gasteiger partial charge in [0, 0.05) is 32.2 Å². The topological polar surface area (TPSA) is 43.2 Å². The summed E-state index contributed by atoms with van der Waals surface area (Å²) < 4.78 is 8.29. The largest absolute Gasteiger partial charge is 0.379 e. The van der Waals surface area contributed by atoms with Gasteiger partial charge in [-0.3, -0.25) is 4.90 Å². The molecule has 3 fully saturated rings. The Labute approximate surface area is 138 Å². The Bertz CT molecular complexity index is 559. The SMILES string of the molecule is C1CC(N2CCc3c(nnn3CC3CC3)[C@@H]2COCC2CC2)C1. The molecule has 0 saturated heterocycles. The van der Waals surface area contributed by atoms with Crippen LogP contribution in [0.4, 0.5) is 0 Å². The van der Waals surface area contributed by atoms with E-state index in [0.717, 1.165) is 50.6 Å². The van der Waals surface area contributed by atoms with Crippen LogP contribution in [0.15, 0.2) is 0 Å². The molecule has 0 N–H and O–H groups in total. The molecule has 23 heavy (non-hydrogen) atoms. The van der Waals surface area contributed by atoms with Crippen LogP contribution in [-0.2, 0) is 17.7 Å². The first-order chi connectivity index (χ1) is 11.4. The molecular weight excluding hydrogens is 288 g/mol. The molecule has 0 radical (unpaired) electrons. The lowest BCUT2D eigenvalue weighted by molar-refractivity contribution is 0.00458. The number of nitrogens with zero attached hydrogens (tertiary/aromatic N) is 4. The lowest BCUT2D eigenvalue weighted by Crippen LogP contribution is -2.47. The van der Waals surface area contributed by atoms with E-state index < -0.39 is 0 Å². The molecule has 1 aliphatic heterocycles. The first-order valence-electron chi connectivity index (χ1n) is 9.64. The van der Waals surface area contributed by atoms with Gasteiger partial charge in [-0.05, 0) is 50.4 Å². The second-order valence-electron chi connectivity index (χ2n) is 8.12. The minimum absolute atomic E-state index is 0.343. The molecule has 126 valence electrons. The van der Waals surface area contributed by atoms with Gasteiger partial charge in [-0.2, -0.15) is 0 Å². The summed E-state index contributed by atoms with van der Waals surface area (Å²) in [5.41, 5.74) is 2.62. The average molecular weight is 316 g/mol. The molecule has 3 aliphatic carbocycles. The monoisotopic (exact) mass is 316 g/mol. The number of hydrogen-bond acceptors (Lipinski definition) is 4. The predicted octanol–water partition coefficient (Wildman–Crippen LogP) is 2.57. The highest BCUT2D eigenvalue weighted by Gasteiger charge is 2.38. The Balaban J connectivity index is 1.34. The van der Waals surface area contributed by atoms with Gasteiger partial charge < -0.3 is 4.74 Å². The number of hydrogen-bond donors (Lipinski definition) is 0. The highest BCUT2D eigenvalue weighted by molar-refractivity contribution is 5.20. The molecule has 0 amide bonds. The average Bonchev–Trinajstić information content (AvgIpc) is 3.40. The van der Waals surface area contributed by atoms with Crippen molar-refractivity contribution in [3.63, 3.8) is 0 Å². The van der Waals surface area contributed by atoms with Gasteiger partial charge in [0.2, 0.25) is 0 Å². The minimum atomic E-state index is 0.343. The van der Waals surface area contributed by atoms with E-state index in [1.807, 2.05) is 0 Å². The van der Waals surface area contributed by atoms with Gasteiger partial charge in [0.15, 0.2) is 0 Å². The Kier molecular flexibility index (Phi) is 3.66. The molecule has 0 aromatic carbocycles. The number of aromatic nitrogens is 3. The summed E-state index contributed by atoms with van der Waals surface area (Å²) >= 11 is 0. The van der Waals surface area contributed by atoms with E-state index in [1.54, 1.807) is 0 Å². The summed E-state index contributed by atoms with van der Waals surface area (Å²) in [7, 11) is 0. The van der Waals surface area contributed by atoms with Gasteiger partial charge >= 0.3 is 0 Å². The van der Waals surface area contributed by atoms with Crippen molar-refractivity contribution in [1.29, 1.82) is 0 Å². The lowest BCUT2D eigenvalue weighted by atomic mass is 9.88. The third-order valence-corrected chi connectivity index (χ3v) is 6.19. The highest BCUT2D eigenvalue weighted by Crippen LogP contribution is 2.38. The lowest BCUT2D eigenvalue weighted by Gasteiger charge is -2.44.